The van der Waals surface area contributed by atoms with Crippen molar-refractivity contribution in [1.82, 2.24) is 9.62 Å². The summed E-state index contributed by atoms with van der Waals surface area (Å²) in [6.07, 6.45) is 1.64. The van der Waals surface area contributed by atoms with E-state index in [-0.39, 0.29) is 0 Å². The molecular formula is C10H18N2O4S. The summed E-state index contributed by atoms with van der Waals surface area (Å²) < 4.78 is 26.1. The summed E-state index contributed by atoms with van der Waals surface area (Å²) in [5, 5.41) is 11.4. The number of sulfonamides is 1. The van der Waals surface area contributed by atoms with Crippen LogP contribution < -0.4 is 5.32 Å². The van der Waals surface area contributed by atoms with Gasteiger partial charge in [0.05, 0.1) is 11.2 Å². The van der Waals surface area contributed by atoms with Crippen LogP contribution in [-0.4, -0.2) is 55.2 Å². The summed E-state index contributed by atoms with van der Waals surface area (Å²) in [4.78, 5) is 11.0. The molecule has 0 aromatic heterocycles. The van der Waals surface area contributed by atoms with Crippen LogP contribution in [-0.2, 0) is 14.8 Å². The highest BCUT2D eigenvalue weighted by Crippen LogP contribution is 2.33. The van der Waals surface area contributed by atoms with E-state index in [1.54, 1.807) is 0 Å². The molecule has 1 saturated heterocycles. The smallest absolute Gasteiger partial charge is 0.307 e. The zero-order chi connectivity index (χ0) is 12.5. The highest BCUT2D eigenvalue weighted by Gasteiger charge is 2.44. The minimum Gasteiger partial charge on any atom is -0.481 e. The van der Waals surface area contributed by atoms with E-state index < -0.39 is 27.2 Å². The molecule has 1 saturated carbocycles. The zero-order valence-corrected chi connectivity index (χ0v) is 10.4. The summed E-state index contributed by atoms with van der Waals surface area (Å²) in [6.45, 7) is 2.18. The summed E-state index contributed by atoms with van der Waals surface area (Å²) in [7, 11) is -3.44. The average Bonchev–Trinajstić information content (AvgIpc) is 2.80. The molecule has 2 unspecified atom stereocenters. The Kier molecular flexibility index (Phi) is 3.70. The lowest BCUT2D eigenvalue weighted by Gasteiger charge is -2.30. The van der Waals surface area contributed by atoms with Gasteiger partial charge < -0.3 is 10.4 Å². The lowest BCUT2D eigenvalue weighted by molar-refractivity contribution is -0.141. The highest BCUT2D eigenvalue weighted by molar-refractivity contribution is 7.89. The molecule has 0 aromatic carbocycles. The molecule has 2 rings (SSSR count). The van der Waals surface area contributed by atoms with Gasteiger partial charge in [-0.05, 0) is 12.8 Å². The number of aliphatic carboxylic acids is 1. The summed E-state index contributed by atoms with van der Waals surface area (Å²) in [5.74, 6) is -1.71. The molecule has 0 radical (unpaired) electrons. The Balaban J connectivity index is 2.16. The Hall–Kier alpha value is -0.660. The molecular weight excluding hydrogens is 244 g/mol. The first kappa shape index (κ1) is 12.8. The molecule has 98 valence electrons. The van der Waals surface area contributed by atoms with Crippen LogP contribution in [0, 0.1) is 5.92 Å². The normalized spacial score (nSPS) is 31.5. The maximum absolute atomic E-state index is 12.3. The lowest BCUT2D eigenvalue weighted by Crippen LogP contribution is -2.50. The number of piperazine rings is 1. The number of nitrogens with zero attached hydrogens (tertiary/aromatic N) is 1. The van der Waals surface area contributed by atoms with Gasteiger partial charge in [0.25, 0.3) is 0 Å². The molecule has 2 aliphatic rings. The van der Waals surface area contributed by atoms with Crippen LogP contribution in [0.5, 0.6) is 0 Å². The minimum atomic E-state index is -3.44. The van der Waals surface area contributed by atoms with Crippen molar-refractivity contribution in [3.05, 3.63) is 0 Å². The Labute approximate surface area is 101 Å². The number of carboxylic acid groups (broad SMARTS) is 1. The van der Waals surface area contributed by atoms with E-state index in [9.17, 15) is 13.2 Å². The fourth-order valence-corrected chi connectivity index (χ4v) is 4.86. The summed E-state index contributed by atoms with van der Waals surface area (Å²) in [5.41, 5.74) is 0. The van der Waals surface area contributed by atoms with Crippen LogP contribution in [0.3, 0.4) is 0 Å². The number of rotatable bonds is 3. The molecule has 1 heterocycles. The van der Waals surface area contributed by atoms with Gasteiger partial charge in [0.15, 0.2) is 0 Å². The van der Waals surface area contributed by atoms with E-state index in [1.807, 2.05) is 0 Å². The third kappa shape index (κ3) is 2.46. The van der Waals surface area contributed by atoms with E-state index in [0.717, 1.165) is 0 Å². The van der Waals surface area contributed by atoms with Gasteiger partial charge in [-0.2, -0.15) is 4.31 Å². The van der Waals surface area contributed by atoms with Gasteiger partial charge in [-0.15, -0.1) is 0 Å². The van der Waals surface area contributed by atoms with Crippen molar-refractivity contribution in [3.63, 3.8) is 0 Å². The second-order valence-electron chi connectivity index (χ2n) is 4.61. The molecule has 0 spiro atoms. The van der Waals surface area contributed by atoms with Gasteiger partial charge in [-0.3, -0.25) is 4.79 Å². The number of carboxylic acids is 1. The standard InChI is InChI=1S/C10H18N2O4S/c13-10(14)8-2-1-3-9(8)17(15,16)12-6-4-11-5-7-12/h8-9,11H,1-7H2,(H,13,14). The molecule has 2 N–H and O–H groups in total. The van der Waals surface area contributed by atoms with Gasteiger partial charge in [-0.25, -0.2) is 8.42 Å². The molecule has 0 bridgehead atoms. The van der Waals surface area contributed by atoms with Crippen molar-refractivity contribution >= 4 is 16.0 Å². The molecule has 17 heavy (non-hydrogen) atoms. The lowest BCUT2D eigenvalue weighted by atomic mass is 10.1. The van der Waals surface area contributed by atoms with Gasteiger partial charge in [0, 0.05) is 26.2 Å². The average molecular weight is 262 g/mol. The van der Waals surface area contributed by atoms with Crippen molar-refractivity contribution in [2.75, 3.05) is 26.2 Å². The third-order valence-corrected chi connectivity index (χ3v) is 6.00. The number of carbonyl (C=O) groups is 1. The first-order valence-electron chi connectivity index (χ1n) is 5.96. The Morgan fingerprint density at radius 3 is 2.47 bits per heavy atom. The largest absolute Gasteiger partial charge is 0.481 e. The minimum absolute atomic E-state index is 0.450. The zero-order valence-electron chi connectivity index (χ0n) is 9.63. The second kappa shape index (κ2) is 4.91. The monoisotopic (exact) mass is 262 g/mol. The van der Waals surface area contributed by atoms with Crippen LogP contribution in [0.2, 0.25) is 0 Å². The molecule has 0 amide bonds. The van der Waals surface area contributed by atoms with Crippen LogP contribution in [0.4, 0.5) is 0 Å². The van der Waals surface area contributed by atoms with Crippen LogP contribution in [0.25, 0.3) is 0 Å². The second-order valence-corrected chi connectivity index (χ2v) is 6.76. The van der Waals surface area contributed by atoms with E-state index in [4.69, 9.17) is 5.11 Å². The molecule has 1 aliphatic carbocycles. The van der Waals surface area contributed by atoms with E-state index in [0.29, 0.717) is 45.4 Å². The Morgan fingerprint density at radius 2 is 1.88 bits per heavy atom. The Bertz CT molecular complexity index is 389. The molecule has 7 heteroatoms. The predicted octanol–water partition coefficient (Wildman–Crippen LogP) is -0.525. The summed E-state index contributed by atoms with van der Waals surface area (Å²) >= 11 is 0. The van der Waals surface area contributed by atoms with Crippen LogP contribution in [0.15, 0.2) is 0 Å². The molecule has 1 aliphatic heterocycles. The van der Waals surface area contributed by atoms with Crippen molar-refractivity contribution in [3.8, 4) is 0 Å². The van der Waals surface area contributed by atoms with Crippen molar-refractivity contribution < 1.29 is 18.3 Å². The highest BCUT2D eigenvalue weighted by atomic mass is 32.2. The van der Waals surface area contributed by atoms with E-state index in [1.165, 1.54) is 4.31 Å². The van der Waals surface area contributed by atoms with Gasteiger partial charge in [0.1, 0.15) is 0 Å². The van der Waals surface area contributed by atoms with Crippen LogP contribution >= 0.6 is 0 Å². The van der Waals surface area contributed by atoms with E-state index >= 15 is 0 Å². The quantitative estimate of drug-likeness (QED) is 0.714. The maximum Gasteiger partial charge on any atom is 0.307 e. The first-order valence-corrected chi connectivity index (χ1v) is 7.46. The fourth-order valence-electron chi connectivity index (χ4n) is 2.66. The molecule has 2 fully saturated rings. The topological polar surface area (TPSA) is 86.7 Å². The predicted molar refractivity (Wildman–Crippen MR) is 62.1 cm³/mol. The molecule has 6 nitrogen and oxygen atoms in total. The van der Waals surface area contributed by atoms with Crippen molar-refractivity contribution in [1.29, 1.82) is 0 Å². The van der Waals surface area contributed by atoms with Gasteiger partial charge >= 0.3 is 5.97 Å². The molecule has 0 aromatic rings. The number of hydrogen-bond donors (Lipinski definition) is 2. The Morgan fingerprint density at radius 1 is 1.24 bits per heavy atom. The molecule has 2 atom stereocenters. The summed E-state index contributed by atoms with van der Waals surface area (Å²) in [6, 6.07) is 0. The van der Waals surface area contributed by atoms with Crippen molar-refractivity contribution in [2.45, 2.75) is 24.5 Å². The first-order chi connectivity index (χ1) is 8.03. The van der Waals surface area contributed by atoms with Crippen molar-refractivity contribution in [2.24, 2.45) is 5.92 Å². The van der Waals surface area contributed by atoms with Gasteiger partial charge in [0.2, 0.25) is 10.0 Å². The number of nitrogens with one attached hydrogen (secondary N) is 1. The van der Waals surface area contributed by atoms with E-state index in [2.05, 4.69) is 5.32 Å². The van der Waals surface area contributed by atoms with Crippen LogP contribution in [0.1, 0.15) is 19.3 Å². The van der Waals surface area contributed by atoms with Gasteiger partial charge in [-0.1, -0.05) is 6.42 Å². The third-order valence-electron chi connectivity index (χ3n) is 3.59. The number of hydrogen-bond acceptors (Lipinski definition) is 4. The fraction of sp³-hybridized carbons (Fsp3) is 0.900. The maximum atomic E-state index is 12.3. The SMILES string of the molecule is O=C(O)C1CCCC1S(=O)(=O)N1CCNCC1.